The molecule has 0 nitrogen and oxygen atoms in total. The van der Waals surface area contributed by atoms with Crippen molar-refractivity contribution in [1.82, 2.24) is 0 Å². The number of hydrogen-bond acceptors (Lipinski definition) is 0. The number of rotatable bonds is 1. The predicted octanol–water partition coefficient (Wildman–Crippen LogP) is 3.13. The second-order valence-electron chi connectivity index (χ2n) is 2.88. The summed E-state index contributed by atoms with van der Waals surface area (Å²) in [6, 6.07) is 0. The van der Waals surface area contributed by atoms with Gasteiger partial charge < -0.3 is 0 Å². The minimum absolute atomic E-state index is 0.924. The van der Waals surface area contributed by atoms with Crippen LogP contribution in [-0.2, 0) is 0 Å². The molecule has 0 aromatic rings. The van der Waals surface area contributed by atoms with E-state index in [0.717, 1.165) is 11.2 Å². The zero-order valence-electron chi connectivity index (χ0n) is 5.86. The molecule has 0 saturated carbocycles. The highest BCUT2D eigenvalue weighted by atomic mass is 79.9. The normalized spacial score (nSPS) is 27.8. The Morgan fingerprint density at radius 1 is 1.78 bits per heavy atom. The van der Waals surface area contributed by atoms with Crippen LogP contribution in [0.1, 0.15) is 26.2 Å². The first-order valence-electron chi connectivity index (χ1n) is 3.57. The molecule has 1 unspecified atom stereocenters. The van der Waals surface area contributed by atoms with Gasteiger partial charge in [-0.3, -0.25) is 0 Å². The average Bonchev–Trinajstić information content (AvgIpc) is 1.90. The average molecular weight is 189 g/mol. The fraction of sp³-hybridized carbons (Fsp3) is 0.750. The van der Waals surface area contributed by atoms with E-state index in [0.29, 0.717) is 0 Å². The molecule has 0 saturated heterocycles. The quantitative estimate of drug-likeness (QED) is 0.439. The lowest BCUT2D eigenvalue weighted by Gasteiger charge is -2.15. The zero-order chi connectivity index (χ0) is 6.69. The third kappa shape index (κ3) is 2.13. The van der Waals surface area contributed by atoms with Gasteiger partial charge in [0.05, 0.1) is 0 Å². The molecule has 52 valence electrons. The summed E-state index contributed by atoms with van der Waals surface area (Å²) in [6.45, 7) is 2.32. The summed E-state index contributed by atoms with van der Waals surface area (Å²) in [6.07, 6.45) is 6.37. The van der Waals surface area contributed by atoms with Crippen LogP contribution in [0, 0.1) is 5.92 Å². The van der Waals surface area contributed by atoms with Gasteiger partial charge in [0.2, 0.25) is 0 Å². The van der Waals surface area contributed by atoms with Gasteiger partial charge in [-0.25, -0.2) is 0 Å². The molecule has 0 heterocycles. The van der Waals surface area contributed by atoms with E-state index in [-0.39, 0.29) is 0 Å². The molecule has 0 aromatic carbocycles. The standard InChI is InChI=1S/C8H13Br/c1-7-2-4-8(6-9)5-3-7/h4,7H,2-3,5-6H2,1H3. The Labute approximate surface area is 65.5 Å². The van der Waals surface area contributed by atoms with Crippen LogP contribution < -0.4 is 0 Å². The van der Waals surface area contributed by atoms with Gasteiger partial charge in [0, 0.05) is 5.33 Å². The van der Waals surface area contributed by atoms with Crippen molar-refractivity contribution in [3.63, 3.8) is 0 Å². The molecule has 1 heteroatoms. The first kappa shape index (κ1) is 7.33. The van der Waals surface area contributed by atoms with E-state index < -0.39 is 0 Å². The maximum Gasteiger partial charge on any atom is 0.0241 e. The topological polar surface area (TPSA) is 0 Å². The summed E-state index contributed by atoms with van der Waals surface area (Å²) >= 11 is 3.46. The van der Waals surface area contributed by atoms with Crippen molar-refractivity contribution >= 4 is 15.9 Å². The molecule has 0 fully saturated rings. The Morgan fingerprint density at radius 3 is 3.00 bits per heavy atom. The number of hydrogen-bond donors (Lipinski definition) is 0. The highest BCUT2D eigenvalue weighted by molar-refractivity contribution is 9.09. The maximum absolute atomic E-state index is 3.46. The molecule has 0 spiro atoms. The Balaban J connectivity index is 2.40. The molecule has 0 N–H and O–H groups in total. The van der Waals surface area contributed by atoms with Gasteiger partial charge in [-0.1, -0.05) is 34.5 Å². The number of allylic oxidation sites excluding steroid dienone is 2. The predicted molar refractivity (Wildman–Crippen MR) is 44.9 cm³/mol. The summed E-state index contributed by atoms with van der Waals surface area (Å²) in [4.78, 5) is 0. The maximum atomic E-state index is 3.46. The van der Waals surface area contributed by atoms with E-state index in [9.17, 15) is 0 Å². The van der Waals surface area contributed by atoms with E-state index >= 15 is 0 Å². The molecular weight excluding hydrogens is 176 g/mol. The molecule has 0 amide bonds. The van der Waals surface area contributed by atoms with Crippen LogP contribution >= 0.6 is 15.9 Å². The molecule has 1 atom stereocenters. The van der Waals surface area contributed by atoms with Crippen molar-refractivity contribution in [2.75, 3.05) is 5.33 Å². The summed E-state index contributed by atoms with van der Waals surface area (Å²) in [5.74, 6) is 0.924. The summed E-state index contributed by atoms with van der Waals surface area (Å²) in [7, 11) is 0. The number of alkyl halides is 1. The van der Waals surface area contributed by atoms with Crippen LogP contribution in [0.4, 0.5) is 0 Å². The summed E-state index contributed by atoms with van der Waals surface area (Å²) in [5.41, 5.74) is 1.59. The van der Waals surface area contributed by atoms with Gasteiger partial charge in [-0.2, -0.15) is 0 Å². The highest BCUT2D eigenvalue weighted by Gasteiger charge is 2.07. The zero-order valence-corrected chi connectivity index (χ0v) is 7.45. The number of halogens is 1. The van der Waals surface area contributed by atoms with E-state index in [1.807, 2.05) is 0 Å². The van der Waals surface area contributed by atoms with Crippen LogP contribution in [0.3, 0.4) is 0 Å². The fourth-order valence-electron chi connectivity index (χ4n) is 1.14. The first-order chi connectivity index (χ1) is 4.33. The van der Waals surface area contributed by atoms with E-state index in [1.54, 1.807) is 5.57 Å². The molecule has 1 aliphatic rings. The van der Waals surface area contributed by atoms with E-state index in [4.69, 9.17) is 0 Å². The van der Waals surface area contributed by atoms with Crippen LogP contribution in [0.5, 0.6) is 0 Å². The van der Waals surface area contributed by atoms with Crippen molar-refractivity contribution in [1.29, 1.82) is 0 Å². The smallest absolute Gasteiger partial charge is 0.0241 e. The second kappa shape index (κ2) is 3.40. The van der Waals surface area contributed by atoms with Crippen molar-refractivity contribution in [2.24, 2.45) is 5.92 Å². The van der Waals surface area contributed by atoms with Crippen LogP contribution in [0.15, 0.2) is 11.6 Å². The van der Waals surface area contributed by atoms with Crippen LogP contribution in [0.25, 0.3) is 0 Å². The van der Waals surface area contributed by atoms with E-state index in [2.05, 4.69) is 28.9 Å². The molecule has 0 bridgehead atoms. The van der Waals surface area contributed by atoms with Crippen molar-refractivity contribution in [2.45, 2.75) is 26.2 Å². The van der Waals surface area contributed by atoms with E-state index in [1.165, 1.54) is 19.3 Å². The lowest BCUT2D eigenvalue weighted by Crippen LogP contribution is -2.01. The van der Waals surface area contributed by atoms with Gasteiger partial charge in [0.25, 0.3) is 0 Å². The largest absolute Gasteiger partial charge is 0.0880 e. The first-order valence-corrected chi connectivity index (χ1v) is 4.69. The Kier molecular flexibility index (Phi) is 2.77. The molecule has 0 radical (unpaired) electrons. The molecule has 0 aromatic heterocycles. The van der Waals surface area contributed by atoms with Crippen LogP contribution in [0.2, 0.25) is 0 Å². The summed E-state index contributed by atoms with van der Waals surface area (Å²) < 4.78 is 0. The third-order valence-electron chi connectivity index (χ3n) is 1.94. The minimum atomic E-state index is 0.924. The van der Waals surface area contributed by atoms with Crippen molar-refractivity contribution < 1.29 is 0 Å². The second-order valence-corrected chi connectivity index (χ2v) is 3.44. The Hall–Kier alpha value is 0.220. The van der Waals surface area contributed by atoms with Crippen molar-refractivity contribution in [3.05, 3.63) is 11.6 Å². The molecular formula is C8H13Br. The SMILES string of the molecule is CC1CC=C(CBr)CC1. The molecule has 9 heavy (non-hydrogen) atoms. The van der Waals surface area contributed by atoms with Gasteiger partial charge in [0.15, 0.2) is 0 Å². The third-order valence-corrected chi connectivity index (χ3v) is 2.66. The lowest BCUT2D eigenvalue weighted by molar-refractivity contribution is 0.515. The highest BCUT2D eigenvalue weighted by Crippen LogP contribution is 2.23. The molecule has 0 aliphatic heterocycles. The molecule has 1 aliphatic carbocycles. The molecule has 1 rings (SSSR count). The van der Waals surface area contributed by atoms with Gasteiger partial charge in [-0.05, 0) is 25.2 Å². The van der Waals surface area contributed by atoms with Crippen LogP contribution in [-0.4, -0.2) is 5.33 Å². The van der Waals surface area contributed by atoms with Gasteiger partial charge >= 0.3 is 0 Å². The Bertz CT molecular complexity index is 116. The van der Waals surface area contributed by atoms with Gasteiger partial charge in [0.1, 0.15) is 0 Å². The summed E-state index contributed by atoms with van der Waals surface area (Å²) in [5, 5.41) is 1.08. The minimum Gasteiger partial charge on any atom is -0.0880 e. The van der Waals surface area contributed by atoms with Gasteiger partial charge in [-0.15, -0.1) is 0 Å². The lowest BCUT2D eigenvalue weighted by atomic mass is 9.92. The van der Waals surface area contributed by atoms with Crippen molar-refractivity contribution in [3.8, 4) is 0 Å². The monoisotopic (exact) mass is 188 g/mol. The Morgan fingerprint density at radius 2 is 2.56 bits per heavy atom. The fourth-order valence-corrected chi connectivity index (χ4v) is 1.65.